The van der Waals surface area contributed by atoms with Crippen molar-refractivity contribution in [2.45, 2.75) is 67.1 Å². The van der Waals surface area contributed by atoms with Gasteiger partial charge < -0.3 is 51.2 Å². The summed E-state index contributed by atoms with van der Waals surface area (Å²) in [7, 11) is -7.55. The Balaban J connectivity index is 1.34. The molecule has 0 bridgehead atoms. The van der Waals surface area contributed by atoms with E-state index in [1.807, 2.05) is 0 Å². The minimum atomic E-state index is -5.18. The zero-order valence-corrected chi connectivity index (χ0v) is 31.8. The number of carbonyl (C=O) groups excluding carboxylic acids is 1. The summed E-state index contributed by atoms with van der Waals surface area (Å²) in [6.07, 6.45) is -5.16. The van der Waals surface area contributed by atoms with Crippen molar-refractivity contribution in [1.82, 2.24) is 29.1 Å². The van der Waals surface area contributed by atoms with Crippen molar-refractivity contribution < 1.29 is 61.5 Å². The van der Waals surface area contributed by atoms with E-state index < -0.39 is 89.5 Å². The number of esters is 1. The molecule has 2 fully saturated rings. The highest BCUT2D eigenvalue weighted by atomic mass is 33.1. The van der Waals surface area contributed by atoms with Crippen molar-refractivity contribution in [1.29, 1.82) is 0 Å². The summed E-state index contributed by atoms with van der Waals surface area (Å²) in [5.41, 5.74) is 25.7. The molecule has 10 atom stereocenters. The van der Waals surface area contributed by atoms with Gasteiger partial charge in [0.15, 0.2) is 23.8 Å². The van der Waals surface area contributed by atoms with Crippen molar-refractivity contribution in [3.8, 4) is 0 Å². The maximum atomic E-state index is 13.4. The number of hydrogen-bond acceptors (Lipinski definition) is 21. The summed E-state index contributed by atoms with van der Waals surface area (Å²) in [6, 6.07) is 0.00509. The standard InChI is InChI=1S/C25H36N12O14P2S2/c1-54-55-11(6-33-35-29)4-12(26)24(39)50-20-15(49-23(19(20)38)37-10-32-18-21(28)30-9-31-22(18)37)8-47-53(44,45)51-13-5-17(36-3-2-16(27)34-25(36)40)48-14(13)7-46-52(41,42)43/h2-3,9-15,17,19-20,23,38H,4-8,26H2,1H3,(H,44,45)(H2,27,34,40)(H2,28,30,31)(H2,41,42,43)/t11-,12+,13+,14-,15-,17-,19-,20-,23?/m1/s1. The van der Waals surface area contributed by atoms with E-state index in [1.54, 1.807) is 6.26 Å². The number of carbonyl (C=O) groups is 1. The number of nitrogen functional groups attached to an aromatic ring is 2. The molecule has 2 saturated heterocycles. The van der Waals surface area contributed by atoms with Crippen LogP contribution in [0.4, 0.5) is 11.6 Å². The van der Waals surface area contributed by atoms with Crippen LogP contribution in [0.15, 0.2) is 34.8 Å². The monoisotopic (exact) mass is 854 g/mol. The molecule has 2 aliphatic rings. The zero-order valence-electron chi connectivity index (χ0n) is 28.4. The van der Waals surface area contributed by atoms with Crippen LogP contribution < -0.4 is 22.9 Å². The van der Waals surface area contributed by atoms with Crippen LogP contribution in [0.5, 0.6) is 0 Å². The van der Waals surface area contributed by atoms with Gasteiger partial charge in [0.05, 0.1) is 19.5 Å². The van der Waals surface area contributed by atoms with Crippen LogP contribution in [0.1, 0.15) is 25.3 Å². The van der Waals surface area contributed by atoms with Gasteiger partial charge in [-0.2, -0.15) is 4.98 Å². The number of rotatable bonds is 18. The number of hydrogen-bond donors (Lipinski definition) is 7. The second kappa shape index (κ2) is 18.2. The molecule has 5 rings (SSSR count). The van der Waals surface area contributed by atoms with E-state index in [2.05, 4.69) is 34.5 Å². The number of phosphoric acid groups is 2. The third-order valence-electron chi connectivity index (χ3n) is 8.04. The molecule has 30 heteroatoms. The van der Waals surface area contributed by atoms with Gasteiger partial charge in [0, 0.05) is 29.3 Å². The summed E-state index contributed by atoms with van der Waals surface area (Å²) in [6.45, 7) is -1.68. The molecular weight excluding hydrogens is 818 g/mol. The minimum absolute atomic E-state index is 0.00949. The molecule has 3 aromatic rings. The van der Waals surface area contributed by atoms with Crippen molar-refractivity contribution in [3.05, 3.63) is 45.8 Å². The lowest BCUT2D eigenvalue weighted by Gasteiger charge is -2.25. The van der Waals surface area contributed by atoms with E-state index in [9.17, 15) is 38.5 Å². The molecule has 0 saturated carbocycles. The Bertz CT molecular complexity index is 2040. The van der Waals surface area contributed by atoms with Crippen molar-refractivity contribution >= 4 is 66.0 Å². The number of nitrogens with zero attached hydrogens (tertiary/aromatic N) is 9. The lowest BCUT2D eigenvalue weighted by Crippen LogP contribution is -2.44. The second-order valence-corrected chi connectivity index (χ2v) is 17.2. The fourth-order valence-corrected chi connectivity index (χ4v) is 8.83. The summed E-state index contributed by atoms with van der Waals surface area (Å²) in [5.74, 6) is -1.08. The van der Waals surface area contributed by atoms with E-state index in [0.717, 1.165) is 10.9 Å². The largest absolute Gasteiger partial charge is 0.472 e. The number of azide groups is 1. The molecule has 0 radical (unpaired) electrons. The Hall–Kier alpha value is -3.43. The fraction of sp³-hybridized carbons (Fsp3) is 0.600. The van der Waals surface area contributed by atoms with E-state index in [-0.39, 0.29) is 47.4 Å². The topological polar surface area (TPSA) is 393 Å². The number of aromatic nitrogens is 6. The first-order valence-electron chi connectivity index (χ1n) is 15.8. The average Bonchev–Trinajstić information content (AvgIpc) is 3.80. The average molecular weight is 855 g/mol. The minimum Gasteiger partial charge on any atom is -0.455 e. The van der Waals surface area contributed by atoms with Crippen molar-refractivity contribution in [3.63, 3.8) is 0 Å². The van der Waals surface area contributed by atoms with Crippen LogP contribution in [-0.2, 0) is 41.7 Å². The lowest BCUT2D eigenvalue weighted by atomic mass is 10.1. The highest BCUT2D eigenvalue weighted by molar-refractivity contribution is 8.76. The summed E-state index contributed by atoms with van der Waals surface area (Å²) in [5, 5.41) is 14.6. The Morgan fingerprint density at radius 2 is 1.91 bits per heavy atom. The van der Waals surface area contributed by atoms with Crippen LogP contribution in [0, 0.1) is 0 Å². The van der Waals surface area contributed by atoms with Crippen LogP contribution in [0.25, 0.3) is 21.6 Å². The molecular formula is C25H36N12O14P2S2. The number of nitrogens with two attached hydrogens (primary N) is 3. The van der Waals surface area contributed by atoms with E-state index in [1.165, 1.54) is 44.7 Å². The summed E-state index contributed by atoms with van der Waals surface area (Å²) in [4.78, 5) is 73.5. The highest BCUT2D eigenvalue weighted by Crippen LogP contribution is 2.50. The third-order valence-corrected chi connectivity index (χ3v) is 11.7. The van der Waals surface area contributed by atoms with Gasteiger partial charge in [0.25, 0.3) is 0 Å². The number of aliphatic hydroxyl groups is 1. The van der Waals surface area contributed by atoms with Crippen LogP contribution in [0.2, 0.25) is 0 Å². The summed E-state index contributed by atoms with van der Waals surface area (Å²) >= 11 is 0. The number of anilines is 2. The maximum absolute atomic E-state index is 13.4. The molecule has 0 aliphatic carbocycles. The van der Waals surface area contributed by atoms with Gasteiger partial charge in [-0.05, 0) is 24.3 Å². The predicted molar refractivity (Wildman–Crippen MR) is 191 cm³/mol. The van der Waals surface area contributed by atoms with Crippen LogP contribution >= 0.6 is 37.2 Å². The third kappa shape index (κ3) is 10.9. The van der Waals surface area contributed by atoms with Crippen molar-refractivity contribution in [2.24, 2.45) is 10.8 Å². The first-order valence-corrected chi connectivity index (χ1v) is 21.4. The predicted octanol–water partition coefficient (Wildman–Crippen LogP) is -0.276. The molecule has 5 heterocycles. The van der Waals surface area contributed by atoms with Gasteiger partial charge in [-0.15, -0.1) is 0 Å². The van der Waals surface area contributed by atoms with E-state index in [0.29, 0.717) is 0 Å². The zero-order chi connectivity index (χ0) is 40.1. The second-order valence-electron chi connectivity index (χ2n) is 11.8. The van der Waals surface area contributed by atoms with Gasteiger partial charge >= 0.3 is 27.3 Å². The Morgan fingerprint density at radius 1 is 1.16 bits per heavy atom. The molecule has 0 spiro atoms. The Kier molecular flexibility index (Phi) is 14.2. The lowest BCUT2D eigenvalue weighted by molar-refractivity contribution is -0.158. The van der Waals surface area contributed by atoms with E-state index in [4.69, 9.17) is 46.0 Å². The molecule has 26 nitrogen and oxygen atoms in total. The molecule has 3 aromatic heterocycles. The molecule has 302 valence electrons. The molecule has 2 aliphatic heterocycles. The maximum Gasteiger partial charge on any atom is 0.472 e. The van der Waals surface area contributed by atoms with E-state index >= 15 is 0 Å². The first kappa shape index (κ1) is 42.7. The Labute approximate surface area is 317 Å². The smallest absolute Gasteiger partial charge is 0.455 e. The van der Waals surface area contributed by atoms with Gasteiger partial charge in [-0.1, -0.05) is 26.7 Å². The first-order chi connectivity index (χ1) is 26.0. The summed E-state index contributed by atoms with van der Waals surface area (Å²) < 4.78 is 59.4. The van der Waals surface area contributed by atoms with Gasteiger partial charge in [-0.3, -0.25) is 27.5 Å². The molecule has 2 unspecified atom stereocenters. The Morgan fingerprint density at radius 3 is 2.60 bits per heavy atom. The quantitative estimate of drug-likeness (QED) is 0.0216. The number of fused-ring (bicyclic) bond motifs is 1. The van der Waals surface area contributed by atoms with Crippen molar-refractivity contribution in [2.75, 3.05) is 37.5 Å². The fourth-order valence-electron chi connectivity index (χ4n) is 5.61. The number of aliphatic hydroxyl groups excluding tert-OH is 1. The molecule has 55 heavy (non-hydrogen) atoms. The van der Waals surface area contributed by atoms with Crippen LogP contribution in [-0.4, -0.2) is 123 Å². The van der Waals surface area contributed by atoms with Gasteiger partial charge in [0.2, 0.25) is 0 Å². The highest BCUT2D eigenvalue weighted by Gasteiger charge is 2.50. The molecule has 0 amide bonds. The van der Waals surface area contributed by atoms with Gasteiger partial charge in [-0.25, -0.2) is 28.9 Å². The SMILES string of the molecule is CSS[C@@H](CN=[N+]=[N-])C[C@H](N)C(=O)O[C@@H]1[C@@H](COP(=O)(O)O[C@H]2C[C@H](n3ccc(N)nc3=O)O[C@@H]2COP(=O)(O)O)OC(n2cnc3c(N)ncnc32)[C@@H]1O. The molecule has 0 aromatic carbocycles. The normalized spacial score (nSPS) is 26.3. The molecule has 10 N–H and O–H groups in total. The number of phosphoric ester groups is 2. The number of imidazole rings is 1. The number of ether oxygens (including phenoxy) is 3. The van der Waals surface area contributed by atoms with Gasteiger partial charge in [0.1, 0.15) is 54.3 Å². The van der Waals surface area contributed by atoms with Crippen LogP contribution in [0.3, 0.4) is 0 Å².